The van der Waals surface area contributed by atoms with E-state index in [1.807, 2.05) is 12.1 Å². The van der Waals surface area contributed by atoms with Crippen LogP contribution in [0.5, 0.6) is 5.75 Å². The Morgan fingerprint density at radius 3 is 3.06 bits per heavy atom. The van der Waals surface area contributed by atoms with Crippen molar-refractivity contribution in [3.63, 3.8) is 0 Å². The molecule has 0 bridgehead atoms. The minimum absolute atomic E-state index is 0.140. The SMILES string of the molecule is N#CC(Cl)CN1CCOc2ccccc2C1=O. The Morgan fingerprint density at radius 1 is 1.53 bits per heavy atom. The minimum Gasteiger partial charge on any atom is -0.491 e. The Hall–Kier alpha value is -1.73. The number of carbonyl (C=O) groups excluding carboxylic acids is 1. The van der Waals surface area contributed by atoms with Crippen LogP contribution in [0.4, 0.5) is 0 Å². The zero-order valence-corrected chi connectivity index (χ0v) is 9.85. The van der Waals surface area contributed by atoms with Crippen LogP contribution in [0.2, 0.25) is 0 Å². The van der Waals surface area contributed by atoms with Crippen molar-refractivity contribution < 1.29 is 9.53 Å². The zero-order chi connectivity index (χ0) is 12.3. The van der Waals surface area contributed by atoms with Gasteiger partial charge in [0.25, 0.3) is 5.91 Å². The molecule has 1 aromatic rings. The van der Waals surface area contributed by atoms with E-state index in [1.54, 1.807) is 23.1 Å². The van der Waals surface area contributed by atoms with Crippen LogP contribution in [-0.2, 0) is 0 Å². The summed E-state index contributed by atoms with van der Waals surface area (Å²) in [5.74, 6) is 0.446. The van der Waals surface area contributed by atoms with Crippen molar-refractivity contribution in [2.75, 3.05) is 19.7 Å². The highest BCUT2D eigenvalue weighted by atomic mass is 35.5. The monoisotopic (exact) mass is 250 g/mol. The van der Waals surface area contributed by atoms with Gasteiger partial charge < -0.3 is 9.64 Å². The summed E-state index contributed by atoms with van der Waals surface area (Å²) in [4.78, 5) is 13.7. The van der Waals surface area contributed by atoms with E-state index >= 15 is 0 Å². The quantitative estimate of drug-likeness (QED) is 0.750. The van der Waals surface area contributed by atoms with Gasteiger partial charge in [-0.25, -0.2) is 0 Å². The fourth-order valence-corrected chi connectivity index (χ4v) is 1.88. The Bertz CT molecular complexity index is 470. The second kappa shape index (κ2) is 5.07. The molecule has 1 atom stereocenters. The summed E-state index contributed by atoms with van der Waals surface area (Å²) in [6.45, 7) is 1.07. The number of amides is 1. The highest BCUT2D eigenvalue weighted by Crippen LogP contribution is 2.22. The Kier molecular flexibility index (Phi) is 3.50. The number of para-hydroxylation sites is 1. The molecule has 88 valence electrons. The highest BCUT2D eigenvalue weighted by molar-refractivity contribution is 6.22. The van der Waals surface area contributed by atoms with E-state index < -0.39 is 5.38 Å². The molecule has 1 aliphatic rings. The first kappa shape index (κ1) is 11.7. The van der Waals surface area contributed by atoms with Crippen molar-refractivity contribution in [3.8, 4) is 11.8 Å². The van der Waals surface area contributed by atoms with Gasteiger partial charge in [0, 0.05) is 0 Å². The standard InChI is InChI=1S/C12H11ClN2O2/c13-9(7-14)8-15-5-6-17-11-4-2-1-3-10(11)12(15)16/h1-4,9H,5-6,8H2. The van der Waals surface area contributed by atoms with Gasteiger partial charge in [-0.3, -0.25) is 4.79 Å². The van der Waals surface area contributed by atoms with E-state index in [1.165, 1.54) is 0 Å². The molecule has 0 aromatic heterocycles. The van der Waals surface area contributed by atoms with Crippen LogP contribution in [0.15, 0.2) is 24.3 Å². The van der Waals surface area contributed by atoms with Gasteiger partial charge in [0.15, 0.2) is 0 Å². The van der Waals surface area contributed by atoms with Crippen molar-refractivity contribution in [2.24, 2.45) is 0 Å². The summed E-state index contributed by atoms with van der Waals surface area (Å²) in [5, 5.41) is 7.98. The molecular formula is C12H11ClN2O2. The first-order chi connectivity index (χ1) is 8.22. The lowest BCUT2D eigenvalue weighted by Crippen LogP contribution is -2.36. The Balaban J connectivity index is 2.24. The molecule has 1 aliphatic heterocycles. The van der Waals surface area contributed by atoms with Crippen molar-refractivity contribution >= 4 is 17.5 Å². The number of alkyl halides is 1. The molecule has 4 nitrogen and oxygen atoms in total. The second-order valence-corrected chi connectivity index (χ2v) is 4.22. The van der Waals surface area contributed by atoms with E-state index in [2.05, 4.69) is 0 Å². The van der Waals surface area contributed by atoms with Gasteiger partial charge in [0.2, 0.25) is 0 Å². The third-order valence-corrected chi connectivity index (χ3v) is 2.78. The summed E-state index contributed by atoms with van der Waals surface area (Å²) in [6, 6.07) is 8.99. The molecule has 1 aromatic carbocycles. The molecule has 17 heavy (non-hydrogen) atoms. The van der Waals surface area contributed by atoms with E-state index in [-0.39, 0.29) is 12.5 Å². The van der Waals surface area contributed by atoms with Crippen molar-refractivity contribution in [3.05, 3.63) is 29.8 Å². The molecule has 1 unspecified atom stereocenters. The zero-order valence-electron chi connectivity index (χ0n) is 9.10. The number of halogens is 1. The molecule has 0 saturated carbocycles. The van der Waals surface area contributed by atoms with Gasteiger partial charge in [-0.1, -0.05) is 12.1 Å². The maximum absolute atomic E-state index is 12.2. The predicted molar refractivity (Wildman–Crippen MR) is 63.1 cm³/mol. The summed E-state index contributed by atoms with van der Waals surface area (Å²) in [6.07, 6.45) is 0. The van der Waals surface area contributed by atoms with Crippen molar-refractivity contribution in [1.29, 1.82) is 5.26 Å². The maximum atomic E-state index is 12.2. The molecule has 0 radical (unpaired) electrons. The number of rotatable bonds is 2. The average Bonchev–Trinajstić information content (AvgIpc) is 2.51. The molecule has 0 aliphatic carbocycles. The average molecular weight is 251 g/mol. The third kappa shape index (κ3) is 2.51. The summed E-state index contributed by atoms with van der Waals surface area (Å²) in [7, 11) is 0. The Labute approximate surface area is 104 Å². The van der Waals surface area contributed by atoms with Gasteiger partial charge in [0.05, 0.1) is 24.7 Å². The number of ether oxygens (including phenoxy) is 1. The van der Waals surface area contributed by atoms with E-state index in [0.717, 1.165) is 0 Å². The van der Waals surface area contributed by atoms with Gasteiger partial charge in [-0.2, -0.15) is 5.26 Å². The third-order valence-electron chi connectivity index (χ3n) is 2.54. The lowest BCUT2D eigenvalue weighted by Gasteiger charge is -2.19. The predicted octanol–water partition coefficient (Wildman–Crippen LogP) is 1.65. The number of benzene rings is 1. The number of fused-ring (bicyclic) bond motifs is 1. The molecule has 5 heteroatoms. The summed E-state index contributed by atoms with van der Waals surface area (Å²) < 4.78 is 5.48. The maximum Gasteiger partial charge on any atom is 0.257 e. The molecule has 0 saturated heterocycles. The molecular weight excluding hydrogens is 240 g/mol. The van der Waals surface area contributed by atoms with Crippen LogP contribution >= 0.6 is 11.6 Å². The summed E-state index contributed by atoms with van der Waals surface area (Å²) in [5.41, 5.74) is 0.520. The van der Waals surface area contributed by atoms with Crippen LogP contribution < -0.4 is 4.74 Å². The molecule has 1 heterocycles. The normalized spacial score (nSPS) is 16.5. The second-order valence-electron chi connectivity index (χ2n) is 3.69. The van der Waals surface area contributed by atoms with Crippen LogP contribution in [-0.4, -0.2) is 35.9 Å². The van der Waals surface area contributed by atoms with Gasteiger partial charge in [-0.15, -0.1) is 11.6 Å². The van der Waals surface area contributed by atoms with Crippen molar-refractivity contribution in [2.45, 2.75) is 5.38 Å². The van der Waals surface area contributed by atoms with Crippen molar-refractivity contribution in [1.82, 2.24) is 4.90 Å². The smallest absolute Gasteiger partial charge is 0.257 e. The minimum atomic E-state index is -0.691. The number of nitriles is 1. The highest BCUT2D eigenvalue weighted by Gasteiger charge is 2.24. The largest absolute Gasteiger partial charge is 0.491 e. The van der Waals surface area contributed by atoms with Gasteiger partial charge in [-0.05, 0) is 12.1 Å². The molecule has 2 rings (SSSR count). The first-order valence-corrected chi connectivity index (χ1v) is 5.71. The van der Waals surface area contributed by atoms with Gasteiger partial charge >= 0.3 is 0 Å². The summed E-state index contributed by atoms with van der Waals surface area (Å²) >= 11 is 5.75. The van der Waals surface area contributed by atoms with E-state index in [0.29, 0.717) is 24.5 Å². The lowest BCUT2D eigenvalue weighted by atomic mass is 10.2. The lowest BCUT2D eigenvalue weighted by molar-refractivity contribution is 0.0760. The van der Waals surface area contributed by atoms with E-state index in [9.17, 15) is 4.79 Å². The first-order valence-electron chi connectivity index (χ1n) is 5.27. The van der Waals surface area contributed by atoms with Crippen LogP contribution in [0.25, 0.3) is 0 Å². The number of carbonyl (C=O) groups is 1. The van der Waals surface area contributed by atoms with E-state index in [4.69, 9.17) is 21.6 Å². The molecule has 0 spiro atoms. The fourth-order valence-electron chi connectivity index (χ4n) is 1.72. The molecule has 0 fully saturated rings. The molecule has 0 N–H and O–H groups in total. The number of nitrogens with zero attached hydrogens (tertiary/aromatic N) is 2. The number of hydrogen-bond acceptors (Lipinski definition) is 3. The molecule has 1 amide bonds. The van der Waals surface area contributed by atoms with Crippen LogP contribution in [0.1, 0.15) is 10.4 Å². The topological polar surface area (TPSA) is 53.3 Å². The number of hydrogen-bond donors (Lipinski definition) is 0. The van der Waals surface area contributed by atoms with Gasteiger partial charge in [0.1, 0.15) is 17.7 Å². The Morgan fingerprint density at radius 2 is 2.29 bits per heavy atom. The fraction of sp³-hybridized carbons (Fsp3) is 0.333. The van der Waals surface area contributed by atoms with Crippen LogP contribution in [0.3, 0.4) is 0 Å². The van der Waals surface area contributed by atoms with Crippen LogP contribution in [0, 0.1) is 11.3 Å².